The lowest BCUT2D eigenvalue weighted by molar-refractivity contribution is -0.137. The fourth-order valence-electron chi connectivity index (χ4n) is 4.95. The summed E-state index contributed by atoms with van der Waals surface area (Å²) in [5, 5.41) is 2.70. The number of benzene rings is 3. The van der Waals surface area contributed by atoms with Gasteiger partial charge >= 0.3 is 6.18 Å². The molecule has 0 radical (unpaired) electrons. The molecule has 2 amide bonds. The van der Waals surface area contributed by atoms with E-state index < -0.39 is 17.6 Å². The van der Waals surface area contributed by atoms with Crippen LogP contribution in [0.3, 0.4) is 0 Å². The van der Waals surface area contributed by atoms with Gasteiger partial charge in [-0.25, -0.2) is 0 Å². The monoisotopic (exact) mass is 478 g/mol. The van der Waals surface area contributed by atoms with E-state index in [4.69, 9.17) is 0 Å². The van der Waals surface area contributed by atoms with Crippen LogP contribution >= 0.6 is 0 Å². The summed E-state index contributed by atoms with van der Waals surface area (Å²) in [5.74, 6) is -0.383. The lowest BCUT2D eigenvalue weighted by atomic mass is 9.94. The van der Waals surface area contributed by atoms with Gasteiger partial charge in [-0.15, -0.1) is 0 Å². The molecule has 180 valence electrons. The number of carbonyl (C=O) groups is 2. The largest absolute Gasteiger partial charge is 0.416 e. The van der Waals surface area contributed by atoms with Crippen molar-refractivity contribution in [3.63, 3.8) is 0 Å². The minimum Gasteiger partial charge on any atom is -0.331 e. The van der Waals surface area contributed by atoms with Gasteiger partial charge in [-0.1, -0.05) is 43.5 Å². The Kier molecular flexibility index (Phi) is 6.09. The van der Waals surface area contributed by atoms with Gasteiger partial charge in [-0.05, 0) is 72.0 Å². The number of alkyl halides is 3. The van der Waals surface area contributed by atoms with Crippen molar-refractivity contribution >= 4 is 17.5 Å². The summed E-state index contributed by atoms with van der Waals surface area (Å²) in [6.07, 6.45) is 1.31. The molecule has 0 spiro atoms. The average Bonchev–Trinajstić information content (AvgIpc) is 3.20. The number of nitrogens with zero attached hydrogens (tertiary/aromatic N) is 1. The van der Waals surface area contributed by atoms with Gasteiger partial charge in [-0.2, -0.15) is 13.2 Å². The predicted octanol–water partition coefficient (Wildman–Crippen LogP) is 6.91. The third-order valence-corrected chi connectivity index (χ3v) is 6.91. The third kappa shape index (κ3) is 4.81. The van der Waals surface area contributed by atoms with E-state index in [-0.39, 0.29) is 11.5 Å². The molecule has 2 aliphatic rings. The van der Waals surface area contributed by atoms with Gasteiger partial charge in [0.15, 0.2) is 0 Å². The van der Waals surface area contributed by atoms with Crippen LogP contribution in [0.25, 0.3) is 11.1 Å². The van der Waals surface area contributed by atoms with Crippen molar-refractivity contribution in [2.45, 2.75) is 50.9 Å². The van der Waals surface area contributed by atoms with Gasteiger partial charge in [0.2, 0.25) is 0 Å². The van der Waals surface area contributed by atoms with Crippen molar-refractivity contribution in [3.05, 3.63) is 89.0 Å². The molecule has 35 heavy (non-hydrogen) atoms. The van der Waals surface area contributed by atoms with Crippen LogP contribution in [0.1, 0.15) is 63.9 Å². The Labute approximate surface area is 201 Å². The molecule has 0 atom stereocenters. The van der Waals surface area contributed by atoms with E-state index in [0.717, 1.165) is 59.4 Å². The average molecular weight is 479 g/mol. The van der Waals surface area contributed by atoms with Crippen molar-refractivity contribution in [2.75, 3.05) is 5.32 Å². The van der Waals surface area contributed by atoms with Gasteiger partial charge in [-0.3, -0.25) is 9.59 Å². The molecule has 1 fully saturated rings. The topological polar surface area (TPSA) is 49.4 Å². The SMILES string of the molecule is O=C(Nc1ccc(-c2ccc3c(c2)C(=O)N(C2CCCCC2)C3)cc1)c1ccc(C(F)(F)F)cc1. The number of carbonyl (C=O) groups excluding carboxylic acids is 2. The number of rotatable bonds is 4. The van der Waals surface area contributed by atoms with E-state index in [1.54, 1.807) is 12.1 Å². The van der Waals surface area contributed by atoms with E-state index in [1.807, 2.05) is 35.2 Å². The zero-order valence-corrected chi connectivity index (χ0v) is 19.1. The van der Waals surface area contributed by atoms with Gasteiger partial charge in [0.1, 0.15) is 0 Å². The smallest absolute Gasteiger partial charge is 0.331 e. The van der Waals surface area contributed by atoms with Crippen LogP contribution in [0.2, 0.25) is 0 Å². The van der Waals surface area contributed by atoms with Gasteiger partial charge in [0.25, 0.3) is 11.8 Å². The standard InChI is InChI=1S/C28H25F3N2O2/c29-28(30,31)22-12-8-19(9-13-22)26(34)32-23-14-10-18(11-15-23)20-6-7-21-17-33(27(35)25(21)16-20)24-4-2-1-3-5-24/h6-16,24H,1-5,17H2,(H,32,34). The summed E-state index contributed by atoms with van der Waals surface area (Å²) in [6, 6.07) is 17.6. The molecule has 3 aromatic rings. The van der Waals surface area contributed by atoms with E-state index >= 15 is 0 Å². The fraction of sp³-hybridized carbons (Fsp3) is 0.286. The van der Waals surface area contributed by atoms with Crippen LogP contribution < -0.4 is 5.32 Å². The van der Waals surface area contributed by atoms with Crippen LogP contribution in [-0.2, 0) is 12.7 Å². The number of halogens is 3. The van der Waals surface area contributed by atoms with Gasteiger partial charge in [0, 0.05) is 29.4 Å². The molecular weight excluding hydrogens is 453 g/mol. The second kappa shape index (κ2) is 9.21. The Hall–Kier alpha value is -3.61. The molecule has 0 aromatic heterocycles. The Bertz CT molecular complexity index is 1240. The number of hydrogen-bond acceptors (Lipinski definition) is 2. The molecule has 1 saturated carbocycles. The first kappa shape index (κ1) is 23.1. The maximum absolute atomic E-state index is 13.1. The van der Waals surface area contributed by atoms with E-state index in [0.29, 0.717) is 18.3 Å². The Balaban J connectivity index is 1.27. The van der Waals surface area contributed by atoms with Gasteiger partial charge < -0.3 is 10.2 Å². The summed E-state index contributed by atoms with van der Waals surface area (Å²) < 4.78 is 38.2. The molecule has 4 nitrogen and oxygen atoms in total. The summed E-state index contributed by atoms with van der Waals surface area (Å²) in [7, 11) is 0. The molecule has 0 bridgehead atoms. The van der Waals surface area contributed by atoms with Crippen molar-refractivity contribution in [1.82, 2.24) is 4.90 Å². The first-order valence-corrected chi connectivity index (χ1v) is 11.8. The second-order valence-electron chi connectivity index (χ2n) is 9.20. The molecule has 1 aliphatic carbocycles. The molecule has 0 saturated heterocycles. The van der Waals surface area contributed by atoms with Crippen molar-refractivity contribution < 1.29 is 22.8 Å². The minimum atomic E-state index is -4.44. The highest BCUT2D eigenvalue weighted by molar-refractivity contribution is 6.04. The summed E-state index contributed by atoms with van der Waals surface area (Å²) in [6.45, 7) is 0.675. The number of anilines is 1. The molecular formula is C28H25F3N2O2. The van der Waals surface area contributed by atoms with E-state index in [2.05, 4.69) is 5.32 Å². The maximum atomic E-state index is 13.1. The van der Waals surface area contributed by atoms with Crippen LogP contribution in [0.5, 0.6) is 0 Å². The fourth-order valence-corrected chi connectivity index (χ4v) is 4.95. The van der Waals surface area contributed by atoms with E-state index in [1.165, 1.54) is 19.3 Å². The molecule has 1 N–H and O–H groups in total. The zero-order chi connectivity index (χ0) is 24.6. The molecule has 1 heterocycles. The summed E-state index contributed by atoms with van der Waals surface area (Å²) >= 11 is 0. The molecule has 5 rings (SSSR count). The molecule has 3 aromatic carbocycles. The normalized spacial score (nSPS) is 16.3. The number of hydrogen-bond donors (Lipinski definition) is 1. The molecule has 1 aliphatic heterocycles. The van der Waals surface area contributed by atoms with Crippen LogP contribution in [0.15, 0.2) is 66.7 Å². The highest BCUT2D eigenvalue weighted by Crippen LogP contribution is 2.34. The third-order valence-electron chi connectivity index (χ3n) is 6.91. The maximum Gasteiger partial charge on any atom is 0.416 e. The first-order valence-electron chi connectivity index (χ1n) is 11.8. The highest BCUT2D eigenvalue weighted by atomic mass is 19.4. The van der Waals surface area contributed by atoms with Crippen molar-refractivity contribution in [2.24, 2.45) is 0 Å². The van der Waals surface area contributed by atoms with Crippen LogP contribution in [0, 0.1) is 0 Å². The number of nitrogens with one attached hydrogen (secondary N) is 1. The Morgan fingerprint density at radius 2 is 1.51 bits per heavy atom. The van der Waals surface area contributed by atoms with Gasteiger partial charge in [0.05, 0.1) is 5.56 Å². The number of fused-ring (bicyclic) bond motifs is 1. The molecule has 7 heteroatoms. The first-order chi connectivity index (χ1) is 16.8. The lowest BCUT2D eigenvalue weighted by Gasteiger charge is -2.30. The van der Waals surface area contributed by atoms with E-state index in [9.17, 15) is 22.8 Å². The van der Waals surface area contributed by atoms with Crippen molar-refractivity contribution in [3.8, 4) is 11.1 Å². The Morgan fingerprint density at radius 3 is 2.17 bits per heavy atom. The lowest BCUT2D eigenvalue weighted by Crippen LogP contribution is -2.36. The zero-order valence-electron chi connectivity index (χ0n) is 19.1. The van der Waals surface area contributed by atoms with Crippen LogP contribution in [-0.4, -0.2) is 22.8 Å². The Morgan fingerprint density at radius 1 is 0.857 bits per heavy atom. The summed E-state index contributed by atoms with van der Waals surface area (Å²) in [4.78, 5) is 27.5. The minimum absolute atomic E-state index is 0.106. The summed E-state index contributed by atoms with van der Waals surface area (Å²) in [5.41, 5.74) is 3.51. The predicted molar refractivity (Wildman–Crippen MR) is 128 cm³/mol. The quantitative estimate of drug-likeness (QED) is 0.443. The van der Waals surface area contributed by atoms with Crippen LogP contribution in [0.4, 0.5) is 18.9 Å². The molecule has 0 unspecified atom stereocenters. The second-order valence-corrected chi connectivity index (χ2v) is 9.20. The van der Waals surface area contributed by atoms with Crippen molar-refractivity contribution in [1.29, 1.82) is 0 Å². The number of amides is 2. The highest BCUT2D eigenvalue weighted by Gasteiger charge is 2.33.